The average Bonchev–Trinajstić information content (AvgIpc) is 2.47. The maximum Gasteiger partial charge on any atom is 0.181 e. The molecule has 0 heterocycles. The van der Waals surface area contributed by atoms with Gasteiger partial charge in [0, 0.05) is 4.47 Å². The molecule has 0 N–H and O–H groups in total. The first kappa shape index (κ1) is 15.5. The summed E-state index contributed by atoms with van der Waals surface area (Å²) in [6.07, 6.45) is 0. The molecule has 2 rings (SSSR count). The number of hydrogen-bond acceptors (Lipinski definition) is 4. The van der Waals surface area contributed by atoms with Crippen LogP contribution in [0.25, 0.3) is 0 Å². The first-order valence-electron chi connectivity index (χ1n) is 6.12. The van der Waals surface area contributed by atoms with Gasteiger partial charge in [-0.1, -0.05) is 22.0 Å². The van der Waals surface area contributed by atoms with Gasteiger partial charge in [-0.05, 0) is 42.5 Å². The van der Waals surface area contributed by atoms with E-state index in [9.17, 15) is 8.42 Å². The molecule has 0 aliphatic carbocycles. The molecule has 0 aromatic heterocycles. The fourth-order valence-electron chi connectivity index (χ4n) is 1.68. The Kier molecular flexibility index (Phi) is 4.99. The summed E-state index contributed by atoms with van der Waals surface area (Å²) in [4.78, 5) is 0.194. The Morgan fingerprint density at radius 3 is 2.48 bits per heavy atom. The summed E-state index contributed by atoms with van der Waals surface area (Å²) < 4.78 is 30.5. The third-order valence-electron chi connectivity index (χ3n) is 2.76. The predicted molar refractivity (Wildman–Crippen MR) is 82.8 cm³/mol. The van der Waals surface area contributed by atoms with Gasteiger partial charge in [-0.25, -0.2) is 8.42 Å². The molecule has 0 aliphatic rings. The minimum Gasteiger partial charge on any atom is -0.492 e. The van der Waals surface area contributed by atoms with E-state index >= 15 is 0 Å². The van der Waals surface area contributed by atoms with E-state index in [4.69, 9.17) is 10.00 Å². The lowest BCUT2D eigenvalue weighted by molar-refractivity contribution is 0.340. The van der Waals surface area contributed by atoms with Gasteiger partial charge in [-0.3, -0.25) is 0 Å². The Bertz CT molecular complexity index is 764. The average molecular weight is 366 g/mol. The van der Waals surface area contributed by atoms with Crippen LogP contribution in [0, 0.1) is 11.3 Å². The van der Waals surface area contributed by atoms with Crippen LogP contribution < -0.4 is 4.74 Å². The quantitative estimate of drug-likeness (QED) is 0.815. The zero-order chi connectivity index (χ0) is 15.3. The highest BCUT2D eigenvalue weighted by Crippen LogP contribution is 2.18. The van der Waals surface area contributed by atoms with E-state index in [2.05, 4.69) is 15.9 Å². The summed E-state index contributed by atoms with van der Waals surface area (Å²) in [6.45, 7) is 0.0682. The minimum absolute atomic E-state index is 0.0682. The van der Waals surface area contributed by atoms with Gasteiger partial charge >= 0.3 is 0 Å². The maximum absolute atomic E-state index is 12.1. The molecule has 2 aromatic rings. The number of nitriles is 1. The molecule has 0 radical (unpaired) electrons. The lowest BCUT2D eigenvalue weighted by Crippen LogP contribution is -2.14. The summed E-state index contributed by atoms with van der Waals surface area (Å²) in [5.74, 6) is 0.491. The van der Waals surface area contributed by atoms with Crippen molar-refractivity contribution < 1.29 is 13.2 Å². The number of nitrogens with zero attached hydrogens (tertiary/aromatic N) is 1. The van der Waals surface area contributed by atoms with Gasteiger partial charge in [0.15, 0.2) is 9.84 Å². The van der Waals surface area contributed by atoms with Crippen LogP contribution in [0.3, 0.4) is 0 Å². The van der Waals surface area contributed by atoms with E-state index in [0.29, 0.717) is 11.3 Å². The molecular weight excluding hydrogens is 354 g/mol. The zero-order valence-corrected chi connectivity index (χ0v) is 13.4. The van der Waals surface area contributed by atoms with Gasteiger partial charge in [0.1, 0.15) is 12.4 Å². The van der Waals surface area contributed by atoms with Crippen molar-refractivity contribution in [3.63, 3.8) is 0 Å². The molecule has 108 valence electrons. The van der Waals surface area contributed by atoms with Crippen LogP contribution in [0.15, 0.2) is 57.9 Å². The van der Waals surface area contributed by atoms with Gasteiger partial charge < -0.3 is 4.74 Å². The largest absolute Gasteiger partial charge is 0.492 e. The second-order valence-electron chi connectivity index (χ2n) is 4.26. The van der Waals surface area contributed by atoms with Crippen molar-refractivity contribution in [1.29, 1.82) is 5.26 Å². The van der Waals surface area contributed by atoms with Crippen molar-refractivity contribution in [2.45, 2.75) is 4.90 Å². The van der Waals surface area contributed by atoms with E-state index < -0.39 is 9.84 Å². The van der Waals surface area contributed by atoms with Crippen LogP contribution in [-0.4, -0.2) is 20.8 Å². The molecule has 4 nitrogen and oxygen atoms in total. The molecule has 0 fully saturated rings. The molecule has 0 unspecified atom stereocenters. The molecular formula is C15H12BrNO3S. The second-order valence-corrected chi connectivity index (χ2v) is 7.29. The van der Waals surface area contributed by atoms with Crippen LogP contribution in [0.4, 0.5) is 0 Å². The third kappa shape index (κ3) is 4.31. The summed E-state index contributed by atoms with van der Waals surface area (Å²) in [5.41, 5.74) is 0.430. The lowest BCUT2D eigenvalue weighted by Gasteiger charge is -2.07. The number of ether oxygens (including phenoxy) is 1. The molecule has 0 aliphatic heterocycles. The first-order chi connectivity index (χ1) is 10.0. The van der Waals surface area contributed by atoms with Gasteiger partial charge in [0.05, 0.1) is 22.3 Å². The molecule has 2 aromatic carbocycles. The van der Waals surface area contributed by atoms with Crippen molar-refractivity contribution >= 4 is 25.8 Å². The molecule has 0 spiro atoms. The third-order valence-corrected chi connectivity index (χ3v) is 4.95. The van der Waals surface area contributed by atoms with E-state index in [0.717, 1.165) is 4.47 Å². The summed E-state index contributed by atoms with van der Waals surface area (Å²) in [7, 11) is -3.41. The molecule has 0 saturated heterocycles. The van der Waals surface area contributed by atoms with E-state index in [1.165, 1.54) is 24.3 Å². The highest BCUT2D eigenvalue weighted by Gasteiger charge is 2.14. The van der Waals surface area contributed by atoms with Crippen LogP contribution in [0.5, 0.6) is 5.75 Å². The Morgan fingerprint density at radius 2 is 1.86 bits per heavy atom. The smallest absolute Gasteiger partial charge is 0.181 e. The first-order valence-corrected chi connectivity index (χ1v) is 8.57. The number of benzene rings is 2. The van der Waals surface area contributed by atoms with Crippen molar-refractivity contribution in [1.82, 2.24) is 0 Å². The fraction of sp³-hybridized carbons (Fsp3) is 0.133. The van der Waals surface area contributed by atoms with Gasteiger partial charge in [-0.15, -0.1) is 0 Å². The van der Waals surface area contributed by atoms with Crippen LogP contribution in [-0.2, 0) is 9.84 Å². The van der Waals surface area contributed by atoms with E-state index in [-0.39, 0.29) is 17.3 Å². The summed E-state index contributed by atoms with van der Waals surface area (Å²) in [5, 5.41) is 8.70. The van der Waals surface area contributed by atoms with Crippen molar-refractivity contribution in [3.05, 3.63) is 58.6 Å². The zero-order valence-electron chi connectivity index (χ0n) is 11.0. The Morgan fingerprint density at radius 1 is 1.14 bits per heavy atom. The summed E-state index contributed by atoms with van der Waals surface area (Å²) >= 11 is 3.32. The number of halogens is 1. The molecule has 6 heteroatoms. The van der Waals surface area contributed by atoms with E-state index in [1.54, 1.807) is 12.1 Å². The van der Waals surface area contributed by atoms with E-state index in [1.807, 2.05) is 18.2 Å². The van der Waals surface area contributed by atoms with Gasteiger partial charge in [-0.2, -0.15) is 5.26 Å². The minimum atomic E-state index is -3.41. The van der Waals surface area contributed by atoms with Crippen LogP contribution in [0.1, 0.15) is 5.56 Å². The number of hydrogen-bond donors (Lipinski definition) is 0. The monoisotopic (exact) mass is 365 g/mol. The molecule has 21 heavy (non-hydrogen) atoms. The standard InChI is InChI=1S/C15H12BrNO3S/c16-13-2-1-3-14(10-13)20-8-9-21(18,19)15-6-4-12(11-17)5-7-15/h1-7,10H,8-9H2. The normalized spacial score (nSPS) is 10.9. The Balaban J connectivity index is 1.99. The van der Waals surface area contributed by atoms with Gasteiger partial charge in [0.25, 0.3) is 0 Å². The van der Waals surface area contributed by atoms with Crippen LogP contribution >= 0.6 is 15.9 Å². The topological polar surface area (TPSA) is 67.2 Å². The van der Waals surface area contributed by atoms with Crippen molar-refractivity contribution in [2.24, 2.45) is 0 Å². The highest BCUT2D eigenvalue weighted by molar-refractivity contribution is 9.10. The highest BCUT2D eigenvalue weighted by atomic mass is 79.9. The fourth-order valence-corrected chi connectivity index (χ4v) is 3.15. The molecule has 0 saturated carbocycles. The number of rotatable bonds is 5. The Hall–Kier alpha value is -1.84. The molecule has 0 bridgehead atoms. The maximum atomic E-state index is 12.1. The lowest BCUT2D eigenvalue weighted by atomic mass is 10.2. The SMILES string of the molecule is N#Cc1ccc(S(=O)(=O)CCOc2cccc(Br)c2)cc1. The molecule has 0 atom stereocenters. The number of sulfone groups is 1. The van der Waals surface area contributed by atoms with Gasteiger partial charge in [0.2, 0.25) is 0 Å². The summed E-state index contributed by atoms with van der Waals surface area (Å²) in [6, 6.07) is 15.0. The molecule has 0 amide bonds. The van der Waals surface area contributed by atoms with Crippen molar-refractivity contribution in [2.75, 3.05) is 12.4 Å². The second kappa shape index (κ2) is 6.74. The van der Waals surface area contributed by atoms with Crippen molar-refractivity contribution in [3.8, 4) is 11.8 Å². The van der Waals surface area contributed by atoms with Crippen LogP contribution in [0.2, 0.25) is 0 Å². The Labute approximate surface area is 132 Å². The predicted octanol–water partition coefficient (Wildman–Crippen LogP) is 3.17.